The first-order valence-corrected chi connectivity index (χ1v) is 5.03. The maximum Gasteiger partial charge on any atom is 0.226 e. The smallest absolute Gasteiger partial charge is 0.226 e. The molecule has 0 radical (unpaired) electrons. The molecule has 86 valence electrons. The van der Waals surface area contributed by atoms with E-state index in [-0.39, 0.29) is 23.3 Å². The summed E-state index contributed by atoms with van der Waals surface area (Å²) in [7, 11) is 0. The molecule has 1 aromatic rings. The highest BCUT2D eigenvalue weighted by molar-refractivity contribution is 6.04. The summed E-state index contributed by atoms with van der Waals surface area (Å²) < 4.78 is 13.0. The lowest BCUT2D eigenvalue weighted by Crippen LogP contribution is -2.19. The Morgan fingerprint density at radius 1 is 1.31 bits per heavy atom. The van der Waals surface area contributed by atoms with Gasteiger partial charge in [0.05, 0.1) is 5.69 Å². The highest BCUT2D eigenvalue weighted by atomic mass is 19.1. The molecule has 1 rings (SSSR count). The van der Waals surface area contributed by atoms with Crippen molar-refractivity contribution in [3.05, 3.63) is 29.6 Å². The van der Waals surface area contributed by atoms with Gasteiger partial charge in [-0.1, -0.05) is 13.8 Å². The van der Waals surface area contributed by atoms with Crippen LogP contribution in [0.25, 0.3) is 0 Å². The standard InChI is InChI=1S/C12H14FNO2/c1-7(2)12(16)14-11-6-9(13)4-5-10(11)8(3)15/h4-7H,1-3H3,(H,14,16). The summed E-state index contributed by atoms with van der Waals surface area (Å²) in [6.45, 7) is 4.82. The largest absolute Gasteiger partial charge is 0.325 e. The zero-order chi connectivity index (χ0) is 12.3. The summed E-state index contributed by atoms with van der Waals surface area (Å²) in [6, 6.07) is 3.71. The number of nitrogens with one attached hydrogen (secondary N) is 1. The van der Waals surface area contributed by atoms with Gasteiger partial charge in [0, 0.05) is 11.5 Å². The summed E-state index contributed by atoms with van der Waals surface area (Å²) in [5.41, 5.74) is 0.543. The topological polar surface area (TPSA) is 46.2 Å². The van der Waals surface area contributed by atoms with E-state index in [1.807, 2.05) is 0 Å². The summed E-state index contributed by atoms with van der Waals surface area (Å²) >= 11 is 0. The molecule has 0 heterocycles. The van der Waals surface area contributed by atoms with E-state index in [1.165, 1.54) is 19.1 Å². The van der Waals surface area contributed by atoms with Gasteiger partial charge in [0.1, 0.15) is 5.82 Å². The Labute approximate surface area is 93.7 Å². The molecule has 4 heteroatoms. The van der Waals surface area contributed by atoms with Crippen LogP contribution >= 0.6 is 0 Å². The zero-order valence-corrected chi connectivity index (χ0v) is 9.50. The third kappa shape index (κ3) is 2.89. The average Bonchev–Trinajstić information content (AvgIpc) is 2.16. The maximum atomic E-state index is 13.0. The number of benzene rings is 1. The van der Waals surface area contributed by atoms with E-state index in [9.17, 15) is 14.0 Å². The molecule has 0 aliphatic heterocycles. The van der Waals surface area contributed by atoms with Crippen LogP contribution in [0.2, 0.25) is 0 Å². The third-order valence-corrected chi connectivity index (χ3v) is 2.14. The second kappa shape index (κ2) is 4.88. The van der Waals surface area contributed by atoms with Crippen LogP contribution in [0, 0.1) is 11.7 Å². The summed E-state index contributed by atoms with van der Waals surface area (Å²) in [6.07, 6.45) is 0. The van der Waals surface area contributed by atoms with Gasteiger partial charge in [0.25, 0.3) is 0 Å². The lowest BCUT2D eigenvalue weighted by molar-refractivity contribution is -0.118. The monoisotopic (exact) mass is 223 g/mol. The van der Waals surface area contributed by atoms with Crippen LogP contribution in [-0.4, -0.2) is 11.7 Å². The van der Waals surface area contributed by atoms with Crippen molar-refractivity contribution in [2.45, 2.75) is 20.8 Å². The summed E-state index contributed by atoms with van der Waals surface area (Å²) in [5, 5.41) is 2.53. The van der Waals surface area contributed by atoms with Crippen molar-refractivity contribution in [3.8, 4) is 0 Å². The Kier molecular flexibility index (Phi) is 3.77. The van der Waals surface area contributed by atoms with Crippen molar-refractivity contribution in [2.75, 3.05) is 5.32 Å². The molecule has 16 heavy (non-hydrogen) atoms. The van der Waals surface area contributed by atoms with Crippen molar-refractivity contribution in [1.82, 2.24) is 0 Å². The molecule has 0 unspecified atom stereocenters. The SMILES string of the molecule is CC(=O)c1ccc(F)cc1NC(=O)C(C)C. The van der Waals surface area contributed by atoms with Gasteiger partial charge in [-0.15, -0.1) is 0 Å². The van der Waals surface area contributed by atoms with Gasteiger partial charge in [-0.25, -0.2) is 4.39 Å². The van der Waals surface area contributed by atoms with Gasteiger partial charge < -0.3 is 5.32 Å². The van der Waals surface area contributed by atoms with Crippen molar-refractivity contribution in [3.63, 3.8) is 0 Å². The van der Waals surface area contributed by atoms with E-state index in [2.05, 4.69) is 5.32 Å². The van der Waals surface area contributed by atoms with Crippen LogP contribution in [0.4, 0.5) is 10.1 Å². The van der Waals surface area contributed by atoms with Crippen LogP contribution < -0.4 is 5.32 Å². The molecular formula is C12H14FNO2. The first kappa shape index (κ1) is 12.4. The highest BCUT2D eigenvalue weighted by Crippen LogP contribution is 2.18. The second-order valence-electron chi connectivity index (χ2n) is 3.89. The highest BCUT2D eigenvalue weighted by Gasteiger charge is 2.13. The number of Topliss-reactive ketones (excluding diaryl/α,β-unsaturated/α-hetero) is 1. The quantitative estimate of drug-likeness (QED) is 0.800. The first-order chi connectivity index (χ1) is 7.41. The lowest BCUT2D eigenvalue weighted by atomic mass is 10.1. The van der Waals surface area contributed by atoms with Gasteiger partial charge in [-0.3, -0.25) is 9.59 Å². The van der Waals surface area contributed by atoms with E-state index in [1.54, 1.807) is 13.8 Å². The van der Waals surface area contributed by atoms with E-state index in [4.69, 9.17) is 0 Å². The van der Waals surface area contributed by atoms with Gasteiger partial charge >= 0.3 is 0 Å². The van der Waals surface area contributed by atoms with Crippen LogP contribution in [0.5, 0.6) is 0 Å². The number of ketones is 1. The van der Waals surface area contributed by atoms with Crippen LogP contribution in [0.3, 0.4) is 0 Å². The number of hydrogen-bond acceptors (Lipinski definition) is 2. The molecule has 0 fully saturated rings. The molecule has 1 amide bonds. The number of halogens is 1. The molecule has 0 aliphatic rings. The minimum atomic E-state index is -0.482. The Morgan fingerprint density at radius 2 is 1.94 bits per heavy atom. The molecule has 1 N–H and O–H groups in total. The fourth-order valence-corrected chi connectivity index (χ4v) is 1.20. The zero-order valence-electron chi connectivity index (χ0n) is 9.50. The van der Waals surface area contributed by atoms with Gasteiger partial charge in [-0.05, 0) is 25.1 Å². The molecule has 0 atom stereocenters. The second-order valence-corrected chi connectivity index (χ2v) is 3.89. The van der Waals surface area contributed by atoms with Crippen LogP contribution in [0.1, 0.15) is 31.1 Å². The van der Waals surface area contributed by atoms with E-state index < -0.39 is 5.82 Å². The van der Waals surface area contributed by atoms with Crippen molar-refractivity contribution >= 4 is 17.4 Å². The molecule has 0 saturated carbocycles. The predicted molar refractivity (Wildman–Crippen MR) is 59.9 cm³/mol. The fourth-order valence-electron chi connectivity index (χ4n) is 1.20. The van der Waals surface area contributed by atoms with Crippen molar-refractivity contribution < 1.29 is 14.0 Å². The Bertz CT molecular complexity index is 427. The maximum absolute atomic E-state index is 13.0. The van der Waals surface area contributed by atoms with Crippen LogP contribution in [0.15, 0.2) is 18.2 Å². The van der Waals surface area contributed by atoms with Crippen molar-refractivity contribution in [1.29, 1.82) is 0 Å². The molecule has 1 aromatic carbocycles. The van der Waals surface area contributed by atoms with Gasteiger partial charge in [0.15, 0.2) is 5.78 Å². The minimum Gasteiger partial charge on any atom is -0.325 e. The Balaban J connectivity index is 3.06. The van der Waals surface area contributed by atoms with Gasteiger partial charge in [0.2, 0.25) is 5.91 Å². The minimum absolute atomic E-state index is 0.209. The molecule has 0 saturated heterocycles. The average molecular weight is 223 g/mol. The Morgan fingerprint density at radius 3 is 2.44 bits per heavy atom. The van der Waals surface area contributed by atoms with E-state index in [0.717, 1.165) is 6.07 Å². The molecule has 3 nitrogen and oxygen atoms in total. The number of carbonyl (C=O) groups excluding carboxylic acids is 2. The van der Waals surface area contributed by atoms with E-state index in [0.29, 0.717) is 5.56 Å². The molecule has 0 spiro atoms. The predicted octanol–water partition coefficient (Wildman–Crippen LogP) is 2.62. The van der Waals surface area contributed by atoms with Crippen molar-refractivity contribution in [2.24, 2.45) is 5.92 Å². The number of carbonyl (C=O) groups is 2. The van der Waals surface area contributed by atoms with E-state index >= 15 is 0 Å². The molecule has 0 bridgehead atoms. The summed E-state index contributed by atoms with van der Waals surface area (Å²) in [5.74, 6) is -1.15. The summed E-state index contributed by atoms with van der Waals surface area (Å²) in [4.78, 5) is 22.7. The third-order valence-electron chi connectivity index (χ3n) is 2.14. The molecular weight excluding hydrogens is 209 g/mol. The fraction of sp³-hybridized carbons (Fsp3) is 0.333. The van der Waals surface area contributed by atoms with Crippen LogP contribution in [-0.2, 0) is 4.79 Å². The Hall–Kier alpha value is -1.71. The number of anilines is 1. The number of amides is 1. The number of hydrogen-bond donors (Lipinski definition) is 1. The number of rotatable bonds is 3. The molecule has 0 aliphatic carbocycles. The normalized spacial score (nSPS) is 10.3. The lowest BCUT2D eigenvalue weighted by Gasteiger charge is -2.10. The molecule has 0 aromatic heterocycles. The first-order valence-electron chi connectivity index (χ1n) is 5.03. The van der Waals surface area contributed by atoms with Gasteiger partial charge in [-0.2, -0.15) is 0 Å².